The van der Waals surface area contributed by atoms with E-state index in [9.17, 15) is 9.59 Å². The van der Waals surface area contributed by atoms with Gasteiger partial charge in [-0.05, 0) is 79.5 Å². The molecule has 0 aromatic heterocycles. The molecule has 0 heterocycles. The molecule has 0 radical (unpaired) electrons. The maximum absolute atomic E-state index is 12.7. The Morgan fingerprint density at radius 3 is 2.83 bits per heavy atom. The highest BCUT2D eigenvalue weighted by Gasteiger charge is 2.55. The number of hydrogen-bond acceptors (Lipinski definition) is 3. The van der Waals surface area contributed by atoms with E-state index in [-0.39, 0.29) is 11.3 Å². The van der Waals surface area contributed by atoms with Gasteiger partial charge in [0.15, 0.2) is 0 Å². The number of allylic oxidation sites excluding steroid dienone is 1. The quantitative estimate of drug-likeness (QED) is 0.660. The minimum absolute atomic E-state index is 0.143. The van der Waals surface area contributed by atoms with E-state index in [0.717, 1.165) is 57.1 Å². The van der Waals surface area contributed by atoms with E-state index in [1.807, 2.05) is 0 Å². The molecular formula is C25H33NO3. The Morgan fingerprint density at radius 1 is 1.24 bits per heavy atom. The van der Waals surface area contributed by atoms with Gasteiger partial charge in [0.05, 0.1) is 7.11 Å². The summed E-state index contributed by atoms with van der Waals surface area (Å²) in [6.45, 7) is 2.22. The van der Waals surface area contributed by atoms with Crippen LogP contribution in [0.5, 0.6) is 5.75 Å². The molecule has 4 atom stereocenters. The van der Waals surface area contributed by atoms with E-state index in [1.165, 1.54) is 16.7 Å². The molecule has 0 saturated heterocycles. The van der Waals surface area contributed by atoms with Gasteiger partial charge in [0.2, 0.25) is 5.91 Å². The predicted octanol–water partition coefficient (Wildman–Crippen LogP) is 5.01. The minimum Gasteiger partial charge on any atom is -0.497 e. The first-order valence-corrected chi connectivity index (χ1v) is 11.1. The van der Waals surface area contributed by atoms with Crippen molar-refractivity contribution >= 4 is 17.8 Å². The molecule has 1 aromatic rings. The first-order chi connectivity index (χ1) is 13.9. The zero-order valence-corrected chi connectivity index (χ0v) is 17.7. The number of hydrogen-bond donors (Lipinski definition) is 1. The molecular weight excluding hydrogens is 362 g/mol. The van der Waals surface area contributed by atoms with Crippen LogP contribution in [0, 0.1) is 17.3 Å². The fourth-order valence-electron chi connectivity index (χ4n) is 6.26. The highest BCUT2D eigenvalue weighted by atomic mass is 16.5. The van der Waals surface area contributed by atoms with Crippen LogP contribution in [0.3, 0.4) is 0 Å². The molecule has 3 aliphatic carbocycles. The fraction of sp³-hybridized carbons (Fsp3) is 0.600. The molecule has 2 saturated carbocycles. The Kier molecular flexibility index (Phi) is 5.54. The lowest BCUT2D eigenvalue weighted by Gasteiger charge is -2.48. The van der Waals surface area contributed by atoms with Crippen molar-refractivity contribution in [1.29, 1.82) is 0 Å². The van der Waals surface area contributed by atoms with Gasteiger partial charge in [0, 0.05) is 18.3 Å². The van der Waals surface area contributed by atoms with E-state index < -0.39 is 0 Å². The van der Waals surface area contributed by atoms with Gasteiger partial charge >= 0.3 is 0 Å². The summed E-state index contributed by atoms with van der Waals surface area (Å²) in [4.78, 5) is 23.7. The predicted molar refractivity (Wildman–Crippen MR) is 115 cm³/mol. The summed E-state index contributed by atoms with van der Waals surface area (Å²) in [6, 6.07) is 6.48. The molecule has 0 bridgehead atoms. The molecule has 4 rings (SSSR count). The Labute approximate surface area is 173 Å². The summed E-state index contributed by atoms with van der Waals surface area (Å²) in [6.07, 6.45) is 10.7. The Balaban J connectivity index is 1.62. The number of Topliss-reactive ketones (excluding diaryl/α,β-unsaturated/α-hetero) is 1. The molecule has 156 valence electrons. The van der Waals surface area contributed by atoms with Crippen molar-refractivity contribution in [3.63, 3.8) is 0 Å². The lowest BCUT2D eigenvalue weighted by Crippen LogP contribution is -2.42. The maximum Gasteiger partial charge on any atom is 0.217 e. The average Bonchev–Trinajstić information content (AvgIpc) is 3.01. The van der Waals surface area contributed by atoms with Crippen molar-refractivity contribution in [2.45, 2.75) is 70.6 Å². The first kappa shape index (κ1) is 20.2. The van der Waals surface area contributed by atoms with Gasteiger partial charge in [-0.3, -0.25) is 9.59 Å². The van der Waals surface area contributed by atoms with Crippen molar-refractivity contribution in [2.24, 2.45) is 23.0 Å². The van der Waals surface area contributed by atoms with Gasteiger partial charge in [-0.25, -0.2) is 0 Å². The van der Waals surface area contributed by atoms with Gasteiger partial charge in [0.1, 0.15) is 11.5 Å². The number of primary amides is 1. The molecule has 2 N–H and O–H groups in total. The highest BCUT2D eigenvalue weighted by Crippen LogP contribution is 2.61. The second kappa shape index (κ2) is 7.97. The van der Waals surface area contributed by atoms with Crippen LogP contribution in [0.15, 0.2) is 23.8 Å². The van der Waals surface area contributed by atoms with Gasteiger partial charge in [-0.15, -0.1) is 0 Å². The Morgan fingerprint density at radius 2 is 2.07 bits per heavy atom. The number of ether oxygens (including phenoxy) is 1. The van der Waals surface area contributed by atoms with Crippen molar-refractivity contribution in [2.75, 3.05) is 7.11 Å². The van der Waals surface area contributed by atoms with Gasteiger partial charge in [-0.1, -0.05) is 31.1 Å². The standard InChI is InChI=1S/C25H33NO3/c1-25-13-12-20-19-9-8-18(29-2)15-17(19)14-16(6-4-3-5-7-23(26)28)24(20)21(25)10-11-22(25)27/h8-9,14-15,20-21,24H,3-7,10-13H2,1-2H3,(H2,26,28)/t20-,21+,24-,25+/m1/s1. The molecule has 0 spiro atoms. The average molecular weight is 396 g/mol. The zero-order chi connectivity index (χ0) is 20.6. The largest absolute Gasteiger partial charge is 0.497 e. The van der Waals surface area contributed by atoms with Crippen LogP contribution in [-0.4, -0.2) is 18.8 Å². The zero-order valence-electron chi connectivity index (χ0n) is 17.7. The van der Waals surface area contributed by atoms with Crippen LogP contribution < -0.4 is 10.5 Å². The van der Waals surface area contributed by atoms with Gasteiger partial charge in [0.25, 0.3) is 0 Å². The van der Waals surface area contributed by atoms with Crippen molar-refractivity contribution in [3.8, 4) is 5.75 Å². The molecule has 0 aliphatic heterocycles. The number of unbranched alkanes of at least 4 members (excludes halogenated alkanes) is 2. The van der Waals surface area contributed by atoms with Crippen LogP contribution in [0.1, 0.15) is 81.8 Å². The summed E-state index contributed by atoms with van der Waals surface area (Å²) < 4.78 is 5.47. The minimum atomic E-state index is -0.213. The van der Waals surface area contributed by atoms with E-state index in [2.05, 4.69) is 31.2 Å². The fourth-order valence-corrected chi connectivity index (χ4v) is 6.26. The van der Waals surface area contributed by atoms with E-state index in [1.54, 1.807) is 7.11 Å². The van der Waals surface area contributed by atoms with E-state index >= 15 is 0 Å². The molecule has 4 heteroatoms. The molecule has 29 heavy (non-hydrogen) atoms. The summed E-state index contributed by atoms with van der Waals surface area (Å²) in [7, 11) is 1.72. The summed E-state index contributed by atoms with van der Waals surface area (Å²) in [5.41, 5.74) is 9.34. The molecule has 0 unspecified atom stereocenters. The van der Waals surface area contributed by atoms with Crippen LogP contribution >= 0.6 is 0 Å². The Hall–Kier alpha value is -2.10. The molecule has 4 nitrogen and oxygen atoms in total. The normalized spacial score (nSPS) is 30.2. The summed E-state index contributed by atoms with van der Waals surface area (Å²) in [5.74, 6) is 2.59. The number of carbonyl (C=O) groups is 2. The third kappa shape index (κ3) is 3.62. The third-order valence-corrected chi connectivity index (χ3v) is 7.83. The molecule has 2 fully saturated rings. The van der Waals surface area contributed by atoms with Gasteiger partial charge < -0.3 is 10.5 Å². The number of carbonyl (C=O) groups excluding carboxylic acids is 2. The second-order valence-corrected chi connectivity index (χ2v) is 9.40. The summed E-state index contributed by atoms with van der Waals surface area (Å²) >= 11 is 0. The van der Waals surface area contributed by atoms with E-state index in [4.69, 9.17) is 10.5 Å². The van der Waals surface area contributed by atoms with Crippen molar-refractivity contribution < 1.29 is 14.3 Å². The van der Waals surface area contributed by atoms with Crippen LogP contribution in [0.4, 0.5) is 0 Å². The monoisotopic (exact) mass is 395 g/mol. The second-order valence-electron chi connectivity index (χ2n) is 9.40. The lowest BCUT2D eigenvalue weighted by molar-refractivity contribution is -0.128. The van der Waals surface area contributed by atoms with Crippen molar-refractivity contribution in [1.82, 2.24) is 0 Å². The Bertz CT molecular complexity index is 842. The van der Waals surface area contributed by atoms with Crippen LogP contribution in [0.25, 0.3) is 6.08 Å². The van der Waals surface area contributed by atoms with Gasteiger partial charge in [-0.2, -0.15) is 0 Å². The molecule has 1 amide bonds. The number of fused-ring (bicyclic) bond motifs is 5. The molecule has 1 aromatic carbocycles. The number of amides is 1. The topological polar surface area (TPSA) is 69.4 Å². The van der Waals surface area contributed by atoms with E-state index in [0.29, 0.717) is 30.0 Å². The number of rotatable bonds is 7. The van der Waals surface area contributed by atoms with Crippen LogP contribution in [0.2, 0.25) is 0 Å². The SMILES string of the molecule is COc1ccc2c(c1)C=C(CCCCCC(N)=O)[C@@H]1[C@@H]2CC[C@]2(C)C(=O)CC[C@@H]12. The van der Waals surface area contributed by atoms with Crippen molar-refractivity contribution in [3.05, 3.63) is 34.9 Å². The smallest absolute Gasteiger partial charge is 0.217 e. The first-order valence-electron chi connectivity index (χ1n) is 11.1. The third-order valence-electron chi connectivity index (χ3n) is 7.83. The summed E-state index contributed by atoms with van der Waals surface area (Å²) in [5, 5.41) is 0. The lowest BCUT2D eigenvalue weighted by atomic mass is 9.55. The number of ketones is 1. The highest BCUT2D eigenvalue weighted by molar-refractivity contribution is 5.87. The number of methoxy groups -OCH3 is 1. The molecule has 3 aliphatic rings. The maximum atomic E-state index is 12.7. The van der Waals surface area contributed by atoms with Crippen LogP contribution in [-0.2, 0) is 9.59 Å². The number of nitrogens with two attached hydrogens (primary N) is 1. The number of benzene rings is 1.